The Morgan fingerprint density at radius 3 is 2.64 bits per heavy atom. The van der Waals surface area contributed by atoms with Crippen molar-refractivity contribution in [3.63, 3.8) is 0 Å². The fourth-order valence-electron chi connectivity index (χ4n) is 0.858. The van der Waals surface area contributed by atoms with Crippen molar-refractivity contribution in [3.8, 4) is 0 Å². The number of amidine groups is 1. The molecule has 0 aromatic rings. The van der Waals surface area contributed by atoms with Crippen LogP contribution in [0.2, 0.25) is 0 Å². The van der Waals surface area contributed by atoms with Gasteiger partial charge in [0.05, 0.1) is 6.54 Å². The summed E-state index contributed by atoms with van der Waals surface area (Å²) in [5.41, 5.74) is 5.16. The number of hydrogen-bond acceptors (Lipinski definition) is 2. The first-order valence-corrected chi connectivity index (χ1v) is 4.16. The van der Waals surface area contributed by atoms with Crippen molar-refractivity contribution < 1.29 is 0 Å². The highest BCUT2D eigenvalue weighted by Crippen LogP contribution is 2.01. The molecule has 4 N–H and O–H groups in total. The molecular formula is C8H19N3. The van der Waals surface area contributed by atoms with Crippen molar-refractivity contribution >= 4 is 5.84 Å². The monoisotopic (exact) mass is 157 g/mol. The van der Waals surface area contributed by atoms with Crippen LogP contribution in [0.4, 0.5) is 0 Å². The maximum absolute atomic E-state index is 6.93. The second-order valence-electron chi connectivity index (χ2n) is 3.24. The molecule has 3 nitrogen and oxygen atoms in total. The molecule has 0 rings (SSSR count). The van der Waals surface area contributed by atoms with Gasteiger partial charge in [0, 0.05) is 0 Å². The zero-order chi connectivity index (χ0) is 8.69. The topological polar surface area (TPSA) is 61.9 Å². The van der Waals surface area contributed by atoms with Crippen molar-refractivity contribution in [1.82, 2.24) is 5.32 Å². The lowest BCUT2D eigenvalue weighted by Gasteiger charge is -2.04. The van der Waals surface area contributed by atoms with Gasteiger partial charge in [-0.3, -0.25) is 5.41 Å². The lowest BCUT2D eigenvalue weighted by atomic mass is 10.1. The van der Waals surface area contributed by atoms with Crippen LogP contribution >= 0.6 is 0 Å². The minimum atomic E-state index is 0.217. The van der Waals surface area contributed by atoms with E-state index in [0.29, 0.717) is 6.54 Å². The third-order valence-electron chi connectivity index (χ3n) is 1.45. The largest absolute Gasteiger partial charge is 0.387 e. The van der Waals surface area contributed by atoms with Crippen molar-refractivity contribution in [2.24, 2.45) is 11.7 Å². The molecule has 0 atom stereocenters. The van der Waals surface area contributed by atoms with E-state index in [0.717, 1.165) is 12.5 Å². The number of nitrogens with one attached hydrogen (secondary N) is 2. The van der Waals surface area contributed by atoms with Crippen molar-refractivity contribution in [1.29, 1.82) is 5.41 Å². The van der Waals surface area contributed by atoms with E-state index in [9.17, 15) is 0 Å². The molecule has 0 amide bonds. The van der Waals surface area contributed by atoms with Crippen molar-refractivity contribution in [2.45, 2.75) is 26.7 Å². The smallest absolute Gasteiger partial charge is 0.105 e. The normalized spacial score (nSPS) is 10.5. The van der Waals surface area contributed by atoms with Crippen LogP contribution in [0.25, 0.3) is 0 Å². The minimum Gasteiger partial charge on any atom is -0.387 e. The summed E-state index contributed by atoms with van der Waals surface area (Å²) in [5.74, 6) is 0.990. The summed E-state index contributed by atoms with van der Waals surface area (Å²) >= 11 is 0. The molecule has 0 aromatic heterocycles. The molecule has 0 bridgehead atoms. The third-order valence-corrected chi connectivity index (χ3v) is 1.45. The summed E-state index contributed by atoms with van der Waals surface area (Å²) in [6, 6.07) is 0. The van der Waals surface area contributed by atoms with E-state index in [-0.39, 0.29) is 5.84 Å². The predicted molar refractivity (Wildman–Crippen MR) is 48.9 cm³/mol. The van der Waals surface area contributed by atoms with Crippen LogP contribution in [0.3, 0.4) is 0 Å². The van der Waals surface area contributed by atoms with E-state index >= 15 is 0 Å². The number of nitrogens with two attached hydrogens (primary N) is 1. The molecule has 0 heterocycles. The molecule has 0 aliphatic carbocycles. The first-order valence-electron chi connectivity index (χ1n) is 4.16. The van der Waals surface area contributed by atoms with E-state index in [1.165, 1.54) is 12.8 Å². The highest BCUT2D eigenvalue weighted by atomic mass is 14.9. The van der Waals surface area contributed by atoms with Gasteiger partial charge in [0.1, 0.15) is 5.84 Å². The van der Waals surface area contributed by atoms with E-state index in [2.05, 4.69) is 19.2 Å². The molecule has 0 spiro atoms. The highest BCUT2D eigenvalue weighted by molar-refractivity contribution is 5.78. The molecule has 66 valence electrons. The van der Waals surface area contributed by atoms with Crippen LogP contribution in [-0.2, 0) is 0 Å². The summed E-state index contributed by atoms with van der Waals surface area (Å²) in [4.78, 5) is 0. The molecule has 0 radical (unpaired) electrons. The maximum Gasteiger partial charge on any atom is 0.105 e. The Kier molecular flexibility index (Phi) is 5.84. The maximum atomic E-state index is 6.93. The lowest BCUT2D eigenvalue weighted by Crippen LogP contribution is -2.28. The predicted octanol–water partition coefficient (Wildman–Crippen LogP) is 0.948. The molecular weight excluding hydrogens is 138 g/mol. The summed E-state index contributed by atoms with van der Waals surface area (Å²) in [7, 11) is 0. The second-order valence-corrected chi connectivity index (χ2v) is 3.24. The van der Waals surface area contributed by atoms with Gasteiger partial charge < -0.3 is 11.1 Å². The van der Waals surface area contributed by atoms with Crippen LogP contribution in [0.15, 0.2) is 0 Å². The highest BCUT2D eigenvalue weighted by Gasteiger charge is 1.93. The molecule has 11 heavy (non-hydrogen) atoms. The average molecular weight is 157 g/mol. The Balaban J connectivity index is 2.97. The Morgan fingerprint density at radius 1 is 1.55 bits per heavy atom. The molecule has 0 aliphatic rings. The molecule has 0 saturated carbocycles. The van der Waals surface area contributed by atoms with Crippen LogP contribution in [0, 0.1) is 11.3 Å². The summed E-state index contributed by atoms with van der Waals surface area (Å²) < 4.78 is 0. The molecule has 0 unspecified atom stereocenters. The van der Waals surface area contributed by atoms with E-state index in [4.69, 9.17) is 11.1 Å². The lowest BCUT2D eigenvalue weighted by molar-refractivity contribution is 0.538. The fourth-order valence-corrected chi connectivity index (χ4v) is 0.858. The summed E-state index contributed by atoms with van der Waals surface area (Å²) in [6.07, 6.45) is 2.41. The molecule has 0 aliphatic heterocycles. The van der Waals surface area contributed by atoms with Crippen molar-refractivity contribution in [2.75, 3.05) is 13.1 Å². The molecule has 3 heteroatoms. The Hall–Kier alpha value is -0.570. The summed E-state index contributed by atoms with van der Waals surface area (Å²) in [5, 5.41) is 10.0. The van der Waals surface area contributed by atoms with Gasteiger partial charge in [0.15, 0.2) is 0 Å². The van der Waals surface area contributed by atoms with E-state index in [1.54, 1.807) is 0 Å². The molecule has 0 aromatic carbocycles. The van der Waals surface area contributed by atoms with Gasteiger partial charge in [-0.2, -0.15) is 0 Å². The van der Waals surface area contributed by atoms with Gasteiger partial charge in [-0.1, -0.05) is 13.8 Å². The molecule has 0 saturated heterocycles. The van der Waals surface area contributed by atoms with Gasteiger partial charge in [0.25, 0.3) is 0 Å². The zero-order valence-corrected chi connectivity index (χ0v) is 7.48. The number of rotatable bonds is 6. The fraction of sp³-hybridized carbons (Fsp3) is 0.875. The molecule has 0 fully saturated rings. The van der Waals surface area contributed by atoms with Gasteiger partial charge in [-0.25, -0.2) is 0 Å². The second kappa shape index (κ2) is 6.16. The first kappa shape index (κ1) is 10.4. The average Bonchev–Trinajstić information content (AvgIpc) is 1.85. The first-order chi connectivity index (χ1) is 5.13. The van der Waals surface area contributed by atoms with Gasteiger partial charge in [0.2, 0.25) is 0 Å². The van der Waals surface area contributed by atoms with Crippen molar-refractivity contribution in [3.05, 3.63) is 0 Å². The quantitative estimate of drug-likeness (QED) is 0.305. The van der Waals surface area contributed by atoms with Crippen LogP contribution in [0.5, 0.6) is 0 Å². The van der Waals surface area contributed by atoms with Crippen LogP contribution in [0.1, 0.15) is 26.7 Å². The minimum absolute atomic E-state index is 0.217. The number of hydrogen-bond donors (Lipinski definition) is 3. The van der Waals surface area contributed by atoms with Gasteiger partial charge >= 0.3 is 0 Å². The van der Waals surface area contributed by atoms with Crippen LogP contribution in [-0.4, -0.2) is 18.9 Å². The van der Waals surface area contributed by atoms with Gasteiger partial charge in [-0.05, 0) is 25.3 Å². The van der Waals surface area contributed by atoms with Crippen LogP contribution < -0.4 is 11.1 Å². The Labute approximate surface area is 68.9 Å². The van der Waals surface area contributed by atoms with E-state index < -0.39 is 0 Å². The zero-order valence-electron chi connectivity index (χ0n) is 7.48. The van der Waals surface area contributed by atoms with E-state index in [1.807, 2.05) is 0 Å². The SMILES string of the molecule is CC(C)CCCNCC(=N)N. The Morgan fingerprint density at radius 2 is 2.18 bits per heavy atom. The van der Waals surface area contributed by atoms with Gasteiger partial charge in [-0.15, -0.1) is 0 Å². The third kappa shape index (κ3) is 9.43. The standard InChI is InChI=1S/C8H19N3/c1-7(2)4-3-5-11-6-8(9)10/h7,11H,3-6H2,1-2H3,(H3,9,10). The summed E-state index contributed by atoms with van der Waals surface area (Å²) in [6.45, 7) is 5.92. The Bertz CT molecular complexity index is 110.